The van der Waals surface area contributed by atoms with Crippen LogP contribution in [0.5, 0.6) is 0 Å². The van der Waals surface area contributed by atoms with Crippen LogP contribution in [0.4, 0.5) is 5.69 Å². The zero-order chi connectivity index (χ0) is 7.68. The first-order chi connectivity index (χ1) is 5.38. The Morgan fingerprint density at radius 3 is 3.27 bits per heavy atom. The van der Waals surface area contributed by atoms with E-state index in [0.717, 1.165) is 11.3 Å². The van der Waals surface area contributed by atoms with E-state index in [0.29, 0.717) is 0 Å². The van der Waals surface area contributed by atoms with Crippen molar-refractivity contribution in [2.45, 2.75) is 6.23 Å². The smallest absolute Gasteiger partial charge is 0.175 e. The molecule has 1 aliphatic heterocycles. The van der Waals surface area contributed by atoms with Gasteiger partial charge in [0.05, 0.1) is 18.2 Å². The predicted octanol–water partition coefficient (Wildman–Crippen LogP) is 0.526. The first-order valence-electron chi connectivity index (χ1n) is 3.28. The Hall–Kier alpha value is -1.42. The van der Waals surface area contributed by atoms with E-state index in [1.807, 2.05) is 0 Å². The van der Waals surface area contributed by atoms with Crippen LogP contribution in [0.2, 0.25) is 0 Å². The van der Waals surface area contributed by atoms with Gasteiger partial charge in [0, 0.05) is 11.8 Å². The Bertz CT molecular complexity index is 297. The molecule has 4 heteroatoms. The minimum atomic E-state index is -0.741. The van der Waals surface area contributed by atoms with Crippen LogP contribution in [-0.4, -0.2) is 16.4 Å². The minimum absolute atomic E-state index is 0.741. The zero-order valence-corrected chi connectivity index (χ0v) is 5.73. The average Bonchev–Trinajstić information content (AvgIpc) is 2.06. The van der Waals surface area contributed by atoms with E-state index in [4.69, 9.17) is 0 Å². The van der Waals surface area contributed by atoms with Crippen molar-refractivity contribution in [3.63, 3.8) is 0 Å². The van der Waals surface area contributed by atoms with Gasteiger partial charge in [0.25, 0.3) is 0 Å². The number of hydrogen-bond donors (Lipinski definition) is 2. The normalized spacial score (nSPS) is 20.6. The molecule has 0 saturated carbocycles. The highest BCUT2D eigenvalue weighted by molar-refractivity contribution is 5.79. The number of aliphatic hydroxyl groups excluding tert-OH is 1. The van der Waals surface area contributed by atoms with Gasteiger partial charge in [-0.05, 0) is 6.07 Å². The van der Waals surface area contributed by atoms with Gasteiger partial charge >= 0.3 is 0 Å². The van der Waals surface area contributed by atoms with Crippen molar-refractivity contribution in [2.24, 2.45) is 4.99 Å². The van der Waals surface area contributed by atoms with Crippen LogP contribution in [0.3, 0.4) is 0 Å². The highest BCUT2D eigenvalue weighted by atomic mass is 16.3. The Morgan fingerprint density at radius 1 is 1.55 bits per heavy atom. The van der Waals surface area contributed by atoms with Gasteiger partial charge in [-0.3, -0.25) is 4.98 Å². The molecule has 0 radical (unpaired) electrons. The molecule has 1 unspecified atom stereocenters. The van der Waals surface area contributed by atoms with Crippen molar-refractivity contribution in [3.05, 3.63) is 24.0 Å². The second-order valence-electron chi connectivity index (χ2n) is 2.26. The number of fused-ring (bicyclic) bond motifs is 1. The van der Waals surface area contributed by atoms with Crippen LogP contribution >= 0.6 is 0 Å². The molecule has 1 aromatic rings. The van der Waals surface area contributed by atoms with E-state index in [1.165, 1.54) is 6.34 Å². The maximum Gasteiger partial charge on any atom is 0.175 e. The molecular weight excluding hydrogens is 142 g/mol. The summed E-state index contributed by atoms with van der Waals surface area (Å²) in [6.07, 6.45) is 4.01. The molecule has 0 aromatic carbocycles. The molecule has 2 rings (SSSR count). The van der Waals surface area contributed by atoms with Crippen LogP contribution in [0.15, 0.2) is 23.5 Å². The number of aliphatic hydroxyl groups is 1. The first kappa shape index (κ1) is 6.30. The molecule has 1 aromatic heterocycles. The van der Waals surface area contributed by atoms with Gasteiger partial charge in [0.15, 0.2) is 6.23 Å². The van der Waals surface area contributed by atoms with E-state index in [-0.39, 0.29) is 0 Å². The van der Waals surface area contributed by atoms with Crippen LogP contribution in [0.25, 0.3) is 0 Å². The fourth-order valence-electron chi connectivity index (χ4n) is 1.01. The summed E-state index contributed by atoms with van der Waals surface area (Å²) in [6, 6.07) is 1.74. The molecule has 0 fully saturated rings. The standard InChI is InChI=1S/C7H7N3O/c11-7-5-1-2-8-3-6(5)9-4-10-7/h1-4,7,11H,(H,9,10). The molecule has 0 saturated heterocycles. The highest BCUT2D eigenvalue weighted by Gasteiger charge is 2.12. The minimum Gasteiger partial charge on any atom is -0.368 e. The van der Waals surface area contributed by atoms with Crippen LogP contribution in [0, 0.1) is 0 Å². The fraction of sp³-hybridized carbons (Fsp3) is 0.143. The zero-order valence-electron chi connectivity index (χ0n) is 5.73. The monoisotopic (exact) mass is 149 g/mol. The van der Waals surface area contributed by atoms with E-state index < -0.39 is 6.23 Å². The summed E-state index contributed by atoms with van der Waals surface area (Å²) in [5, 5.41) is 12.2. The summed E-state index contributed by atoms with van der Waals surface area (Å²) in [4.78, 5) is 7.66. The first-order valence-corrected chi connectivity index (χ1v) is 3.28. The molecule has 4 nitrogen and oxygen atoms in total. The quantitative estimate of drug-likeness (QED) is 0.565. The van der Waals surface area contributed by atoms with E-state index in [2.05, 4.69) is 15.3 Å². The van der Waals surface area contributed by atoms with Crippen molar-refractivity contribution in [2.75, 3.05) is 5.32 Å². The molecule has 2 N–H and O–H groups in total. The maximum atomic E-state index is 9.30. The number of nitrogens with one attached hydrogen (secondary N) is 1. The molecule has 11 heavy (non-hydrogen) atoms. The molecule has 0 bridgehead atoms. The molecule has 0 amide bonds. The average molecular weight is 149 g/mol. The van der Waals surface area contributed by atoms with Crippen molar-refractivity contribution < 1.29 is 5.11 Å². The van der Waals surface area contributed by atoms with Gasteiger partial charge in [-0.25, -0.2) is 4.99 Å². The van der Waals surface area contributed by atoms with Gasteiger partial charge in [-0.1, -0.05) is 0 Å². The molecule has 1 atom stereocenters. The van der Waals surface area contributed by atoms with E-state index in [1.54, 1.807) is 18.5 Å². The Morgan fingerprint density at radius 2 is 2.45 bits per heavy atom. The molecular formula is C7H7N3O. The number of rotatable bonds is 0. The summed E-state index contributed by atoms with van der Waals surface area (Å²) >= 11 is 0. The van der Waals surface area contributed by atoms with Crippen molar-refractivity contribution >= 4 is 12.0 Å². The number of pyridine rings is 1. The van der Waals surface area contributed by atoms with Crippen molar-refractivity contribution in [1.29, 1.82) is 0 Å². The lowest BCUT2D eigenvalue weighted by Gasteiger charge is -2.15. The summed E-state index contributed by atoms with van der Waals surface area (Å²) in [5.74, 6) is 0. The number of nitrogens with zero attached hydrogens (tertiary/aromatic N) is 2. The predicted molar refractivity (Wildman–Crippen MR) is 41.3 cm³/mol. The van der Waals surface area contributed by atoms with Crippen molar-refractivity contribution in [3.8, 4) is 0 Å². The lowest BCUT2D eigenvalue weighted by Crippen LogP contribution is -2.09. The van der Waals surface area contributed by atoms with E-state index >= 15 is 0 Å². The maximum absolute atomic E-state index is 9.30. The summed E-state index contributed by atoms with van der Waals surface area (Å²) in [7, 11) is 0. The Labute approximate surface area is 63.6 Å². The lowest BCUT2D eigenvalue weighted by molar-refractivity contribution is 0.189. The number of aromatic nitrogens is 1. The third-order valence-electron chi connectivity index (χ3n) is 1.57. The third kappa shape index (κ3) is 0.969. The van der Waals surface area contributed by atoms with Crippen molar-refractivity contribution in [1.82, 2.24) is 4.98 Å². The molecule has 0 aliphatic carbocycles. The molecule has 56 valence electrons. The molecule has 2 heterocycles. The number of anilines is 1. The lowest BCUT2D eigenvalue weighted by atomic mass is 10.2. The largest absolute Gasteiger partial charge is 0.368 e. The highest BCUT2D eigenvalue weighted by Crippen LogP contribution is 2.24. The topological polar surface area (TPSA) is 57.5 Å². The second-order valence-corrected chi connectivity index (χ2v) is 2.26. The Kier molecular flexibility index (Phi) is 1.33. The van der Waals surface area contributed by atoms with Crippen LogP contribution in [-0.2, 0) is 0 Å². The molecule has 0 spiro atoms. The molecule has 1 aliphatic rings. The summed E-state index contributed by atoms with van der Waals surface area (Å²) in [6.45, 7) is 0. The Balaban J connectivity index is 2.50. The van der Waals surface area contributed by atoms with Gasteiger partial charge in [-0.2, -0.15) is 0 Å². The van der Waals surface area contributed by atoms with Crippen LogP contribution < -0.4 is 5.32 Å². The second kappa shape index (κ2) is 2.32. The SMILES string of the molecule is OC1N=CNc2cnccc21. The van der Waals surface area contributed by atoms with E-state index in [9.17, 15) is 5.11 Å². The third-order valence-corrected chi connectivity index (χ3v) is 1.57. The summed E-state index contributed by atoms with van der Waals surface area (Å²) in [5.41, 5.74) is 1.58. The number of hydrogen-bond acceptors (Lipinski definition) is 4. The fourth-order valence-corrected chi connectivity index (χ4v) is 1.01. The van der Waals surface area contributed by atoms with Gasteiger partial charge < -0.3 is 10.4 Å². The van der Waals surface area contributed by atoms with Crippen LogP contribution in [0.1, 0.15) is 11.8 Å². The van der Waals surface area contributed by atoms with Gasteiger partial charge in [0.2, 0.25) is 0 Å². The number of aliphatic imine (C=N–C) groups is 1. The van der Waals surface area contributed by atoms with Gasteiger partial charge in [-0.15, -0.1) is 0 Å². The summed E-state index contributed by atoms with van der Waals surface area (Å²) < 4.78 is 0. The van der Waals surface area contributed by atoms with Gasteiger partial charge in [0.1, 0.15) is 0 Å².